The van der Waals surface area contributed by atoms with Crippen LogP contribution in [0.4, 0.5) is 20.2 Å². The Morgan fingerprint density at radius 2 is 1.34 bits per heavy atom. The molecule has 3 aromatic rings. The third-order valence-corrected chi connectivity index (χ3v) is 9.36. The highest BCUT2D eigenvalue weighted by molar-refractivity contribution is 7.92. The number of aromatic carboxylic acids is 2. The van der Waals surface area contributed by atoms with Gasteiger partial charge in [-0.3, -0.25) is 23.5 Å². The fourth-order valence-electron chi connectivity index (χ4n) is 5.16. The maximum Gasteiger partial charge on any atom is 0.335 e. The van der Waals surface area contributed by atoms with Gasteiger partial charge < -0.3 is 41.3 Å². The molecule has 0 unspecified atom stereocenters. The summed E-state index contributed by atoms with van der Waals surface area (Å²) in [5, 5.41) is 39.7. The normalized spacial score (nSPS) is 12.9. The number of amides is 4. The zero-order chi connectivity index (χ0) is 42.1. The molecule has 3 aromatic carbocycles. The summed E-state index contributed by atoms with van der Waals surface area (Å²) < 4.78 is 58.5. The number of sulfonamides is 1. The Bertz CT molecular complexity index is 2060. The predicted molar refractivity (Wildman–Crippen MR) is 197 cm³/mol. The van der Waals surface area contributed by atoms with Crippen LogP contribution in [0.5, 0.6) is 0 Å². The van der Waals surface area contributed by atoms with E-state index in [2.05, 4.69) is 21.3 Å². The number of aliphatic hydroxyl groups is 1. The van der Waals surface area contributed by atoms with Crippen LogP contribution in [0, 0.1) is 17.6 Å². The predicted octanol–water partition coefficient (Wildman–Crippen LogP) is 1.96. The summed E-state index contributed by atoms with van der Waals surface area (Å²) >= 11 is 0. The number of hydrogen-bond donors (Lipinski definition) is 7. The van der Waals surface area contributed by atoms with E-state index in [1.54, 1.807) is 13.8 Å². The molecule has 20 heteroatoms. The zero-order valence-corrected chi connectivity index (χ0v) is 31.6. The Morgan fingerprint density at radius 3 is 1.84 bits per heavy atom. The molecule has 3 rings (SSSR count). The van der Waals surface area contributed by atoms with Crippen LogP contribution in [0.3, 0.4) is 0 Å². The Hall–Kier alpha value is -5.99. The number of carbonyl (C=O) groups is 6. The fraction of sp³-hybridized carbons (Fsp3) is 0.333. The van der Waals surface area contributed by atoms with Gasteiger partial charge in [0, 0.05) is 37.0 Å². The lowest BCUT2D eigenvalue weighted by molar-refractivity contribution is -0.129. The van der Waals surface area contributed by atoms with Crippen molar-refractivity contribution >= 4 is 57.0 Å². The summed E-state index contributed by atoms with van der Waals surface area (Å²) in [7, 11) is -1.35. The minimum Gasteiger partial charge on any atom is -0.478 e. The van der Waals surface area contributed by atoms with Crippen molar-refractivity contribution in [3.63, 3.8) is 0 Å². The molecule has 3 atom stereocenters. The van der Waals surface area contributed by atoms with Crippen LogP contribution in [-0.4, -0.2) is 104 Å². The van der Waals surface area contributed by atoms with Crippen molar-refractivity contribution in [1.29, 1.82) is 0 Å². The van der Waals surface area contributed by atoms with Crippen LogP contribution < -0.4 is 25.6 Å². The molecular weight excluding hydrogens is 764 g/mol. The Kier molecular flexibility index (Phi) is 15.1. The SMILES string of the molecule is CNC(=O)c1cc(C(=O)N[C@@H](COCc2cc(F)cc(F)c2)[C@@H](O)CC(=O)N[C@H](C(=O)Nc2cc(C(=O)O)cc(C(=O)O)c2)C(C)C)cc(N(C)S(C)(=O)=O)c1. The molecule has 17 nitrogen and oxygen atoms in total. The van der Waals surface area contributed by atoms with E-state index < -0.39 is 112 Å². The third kappa shape index (κ3) is 12.5. The van der Waals surface area contributed by atoms with Gasteiger partial charge in [0.15, 0.2) is 0 Å². The number of halogens is 2. The molecule has 0 saturated heterocycles. The summed E-state index contributed by atoms with van der Waals surface area (Å²) in [6.07, 6.45) is -1.63. The van der Waals surface area contributed by atoms with Crippen molar-refractivity contribution in [1.82, 2.24) is 16.0 Å². The molecule has 0 radical (unpaired) electrons. The monoisotopic (exact) mass is 805 g/mol. The average Bonchev–Trinajstić information content (AvgIpc) is 3.11. The molecule has 0 saturated carbocycles. The maximum absolute atomic E-state index is 13.8. The third-order valence-electron chi connectivity index (χ3n) is 8.15. The first-order valence-electron chi connectivity index (χ1n) is 16.6. The summed E-state index contributed by atoms with van der Waals surface area (Å²) in [4.78, 5) is 75.7. The highest BCUT2D eigenvalue weighted by Gasteiger charge is 2.30. The maximum atomic E-state index is 13.8. The van der Waals surface area contributed by atoms with E-state index in [4.69, 9.17) is 4.74 Å². The molecule has 0 heterocycles. The summed E-state index contributed by atoms with van der Waals surface area (Å²) in [5.74, 6) is -8.69. The number of carboxylic acid groups (broad SMARTS) is 2. The number of hydrogen-bond acceptors (Lipinski definition) is 10. The first kappa shape index (κ1) is 44.4. The van der Waals surface area contributed by atoms with Gasteiger partial charge in [0.2, 0.25) is 21.8 Å². The number of benzene rings is 3. The van der Waals surface area contributed by atoms with Gasteiger partial charge in [-0.05, 0) is 60.0 Å². The molecule has 7 N–H and O–H groups in total. The van der Waals surface area contributed by atoms with E-state index >= 15 is 0 Å². The topological polar surface area (TPSA) is 258 Å². The van der Waals surface area contributed by atoms with Crippen LogP contribution >= 0.6 is 0 Å². The molecule has 302 valence electrons. The van der Waals surface area contributed by atoms with E-state index in [1.807, 2.05) is 0 Å². The van der Waals surface area contributed by atoms with E-state index in [0.29, 0.717) is 6.07 Å². The molecule has 0 spiro atoms. The smallest absolute Gasteiger partial charge is 0.335 e. The van der Waals surface area contributed by atoms with E-state index in [0.717, 1.165) is 53.0 Å². The van der Waals surface area contributed by atoms with E-state index in [-0.39, 0.29) is 28.1 Å². The van der Waals surface area contributed by atoms with Crippen LogP contribution in [0.15, 0.2) is 54.6 Å². The van der Waals surface area contributed by atoms with Crippen molar-refractivity contribution in [2.24, 2.45) is 5.92 Å². The van der Waals surface area contributed by atoms with Crippen molar-refractivity contribution in [3.8, 4) is 0 Å². The quantitative estimate of drug-likeness (QED) is 0.0974. The number of carboxylic acids is 2. The van der Waals surface area contributed by atoms with Crippen LogP contribution in [0.1, 0.15) is 67.3 Å². The highest BCUT2D eigenvalue weighted by atomic mass is 32.2. The second-order valence-electron chi connectivity index (χ2n) is 12.9. The number of anilines is 2. The van der Waals surface area contributed by atoms with Gasteiger partial charge >= 0.3 is 11.9 Å². The number of aliphatic hydroxyl groups excluding tert-OH is 1. The molecule has 56 heavy (non-hydrogen) atoms. The van der Waals surface area contributed by atoms with Gasteiger partial charge in [0.25, 0.3) is 11.8 Å². The molecule has 0 aliphatic rings. The highest BCUT2D eigenvalue weighted by Crippen LogP contribution is 2.22. The lowest BCUT2D eigenvalue weighted by atomic mass is 10.0. The number of nitrogens with zero attached hydrogens (tertiary/aromatic N) is 1. The standard InChI is InChI=1S/C36H41F2N5O12S/c1-18(2)31(34(48)40-26-10-22(35(49)50)9-23(11-26)36(51)52)42-30(45)15-29(44)28(17-55-16-19-6-24(37)14-25(38)7-19)41-33(47)21-8-20(32(46)39-3)12-27(13-21)43(4)56(5,53)54/h6-14,18,28-29,31,44H,15-17H2,1-5H3,(H,39,46)(H,40,48)(H,41,47)(H,42,45)(H,49,50)(H,51,52)/t28-,29-,31-/m0/s1. The molecule has 0 aliphatic carbocycles. The fourth-order valence-corrected chi connectivity index (χ4v) is 5.64. The molecule has 0 bridgehead atoms. The molecule has 4 amide bonds. The van der Waals surface area contributed by atoms with Gasteiger partial charge in [-0.1, -0.05) is 13.8 Å². The zero-order valence-electron chi connectivity index (χ0n) is 30.8. The van der Waals surface area contributed by atoms with Crippen LogP contribution in [-0.2, 0) is 31.0 Å². The van der Waals surface area contributed by atoms with Gasteiger partial charge in [-0.2, -0.15) is 0 Å². The molecule has 0 fully saturated rings. The van der Waals surface area contributed by atoms with E-state index in [1.165, 1.54) is 20.2 Å². The van der Waals surface area contributed by atoms with Crippen molar-refractivity contribution in [2.75, 3.05) is 36.6 Å². The Morgan fingerprint density at radius 1 is 0.804 bits per heavy atom. The number of ether oxygens (including phenoxy) is 1. The average molecular weight is 806 g/mol. The lowest BCUT2D eigenvalue weighted by Crippen LogP contribution is -2.51. The minimum absolute atomic E-state index is 0.0571. The number of nitrogens with one attached hydrogen (secondary N) is 4. The van der Waals surface area contributed by atoms with Crippen molar-refractivity contribution in [3.05, 3.63) is 94.0 Å². The largest absolute Gasteiger partial charge is 0.478 e. The van der Waals surface area contributed by atoms with Crippen molar-refractivity contribution in [2.45, 2.75) is 45.1 Å². The van der Waals surface area contributed by atoms with Gasteiger partial charge in [0.05, 0.1) is 54.9 Å². The van der Waals surface area contributed by atoms with Gasteiger partial charge in [-0.15, -0.1) is 0 Å². The second-order valence-corrected chi connectivity index (χ2v) is 14.9. The molecule has 0 aromatic heterocycles. The van der Waals surface area contributed by atoms with Gasteiger partial charge in [0.1, 0.15) is 17.7 Å². The second kappa shape index (κ2) is 19.0. The first-order chi connectivity index (χ1) is 26.1. The summed E-state index contributed by atoms with van der Waals surface area (Å²) in [5.41, 5.74) is -1.38. The van der Waals surface area contributed by atoms with E-state index in [9.17, 15) is 61.3 Å². The van der Waals surface area contributed by atoms with Crippen LogP contribution in [0.2, 0.25) is 0 Å². The van der Waals surface area contributed by atoms with Crippen molar-refractivity contribution < 1.29 is 66.0 Å². The summed E-state index contributed by atoms with van der Waals surface area (Å²) in [6.45, 7) is 2.17. The molecular formula is C36H41F2N5O12S. The number of rotatable bonds is 18. The first-order valence-corrected chi connectivity index (χ1v) is 18.5. The Labute approximate surface area is 320 Å². The van der Waals surface area contributed by atoms with Gasteiger partial charge in [-0.25, -0.2) is 26.8 Å². The number of carbonyl (C=O) groups excluding carboxylic acids is 4. The summed E-state index contributed by atoms with van der Waals surface area (Å²) in [6, 6.07) is 6.35. The minimum atomic E-state index is -3.86. The molecule has 0 aliphatic heterocycles. The van der Waals surface area contributed by atoms with Crippen LogP contribution in [0.25, 0.3) is 0 Å². The lowest BCUT2D eigenvalue weighted by Gasteiger charge is -2.26. The Balaban J connectivity index is 1.88.